The molecule has 0 aliphatic rings. The Balaban J connectivity index is 1.74. The summed E-state index contributed by atoms with van der Waals surface area (Å²) in [5.41, 5.74) is 1.49. The van der Waals surface area contributed by atoms with E-state index in [9.17, 15) is 13.2 Å². The number of hydrogen-bond donors (Lipinski definition) is 2. The number of imidazole rings is 1. The smallest absolute Gasteiger partial charge is 0.244 e. The molecule has 3 rings (SSSR count). The molecule has 0 saturated carbocycles. The van der Waals surface area contributed by atoms with Crippen LogP contribution >= 0.6 is 11.3 Å². The molecular formula is C21H25N5O3S2. The Morgan fingerprint density at radius 1 is 1.23 bits per heavy atom. The molecule has 1 atom stereocenters. The highest BCUT2D eigenvalue weighted by molar-refractivity contribution is 7.92. The average Bonchev–Trinajstić information content (AvgIpc) is 3.30. The van der Waals surface area contributed by atoms with E-state index in [1.165, 1.54) is 17.4 Å². The topological polar surface area (TPSA) is 106 Å². The molecular weight excluding hydrogens is 434 g/mol. The van der Waals surface area contributed by atoms with Crippen LogP contribution in [0.4, 0.5) is 5.13 Å². The fraction of sp³-hybridized carbons (Fsp3) is 0.286. The molecule has 0 aliphatic carbocycles. The zero-order valence-corrected chi connectivity index (χ0v) is 19.4. The van der Waals surface area contributed by atoms with Crippen molar-refractivity contribution in [1.82, 2.24) is 19.3 Å². The number of benzene rings is 1. The number of carbonyl (C=O) groups excluding carboxylic acids is 1. The van der Waals surface area contributed by atoms with Gasteiger partial charge < -0.3 is 9.88 Å². The van der Waals surface area contributed by atoms with E-state index in [0.29, 0.717) is 5.13 Å². The van der Waals surface area contributed by atoms with Gasteiger partial charge in [-0.15, -0.1) is 0 Å². The lowest BCUT2D eigenvalue weighted by atomic mass is 10.1. The minimum Gasteiger partial charge on any atom is -0.333 e. The number of nitrogens with one attached hydrogen (secondary N) is 2. The van der Waals surface area contributed by atoms with Crippen LogP contribution in [0, 0.1) is 12.8 Å². The SMILES string of the molecule is Cc1nc(NC(=O)[C@@H](NS(=O)(=O)/C=C/c2ccccc2)C(C)C)sc1-c1nccn1C. The van der Waals surface area contributed by atoms with E-state index in [0.717, 1.165) is 27.4 Å². The molecule has 3 aromatic rings. The lowest BCUT2D eigenvalue weighted by molar-refractivity contribution is -0.118. The Bertz CT molecular complexity index is 1180. The molecule has 1 aromatic carbocycles. The number of anilines is 1. The first-order valence-electron chi connectivity index (χ1n) is 9.67. The van der Waals surface area contributed by atoms with Crippen molar-refractivity contribution in [3.05, 3.63) is 59.4 Å². The number of hydrogen-bond acceptors (Lipinski definition) is 6. The minimum atomic E-state index is -3.83. The van der Waals surface area contributed by atoms with Crippen molar-refractivity contribution in [2.24, 2.45) is 13.0 Å². The largest absolute Gasteiger partial charge is 0.333 e. The van der Waals surface area contributed by atoms with E-state index in [4.69, 9.17) is 0 Å². The lowest BCUT2D eigenvalue weighted by Crippen LogP contribution is -2.46. The summed E-state index contributed by atoms with van der Waals surface area (Å²) in [5.74, 6) is 0.0180. The highest BCUT2D eigenvalue weighted by atomic mass is 32.2. The van der Waals surface area contributed by atoms with Gasteiger partial charge in [0.05, 0.1) is 10.6 Å². The maximum Gasteiger partial charge on any atom is 0.244 e. The van der Waals surface area contributed by atoms with E-state index >= 15 is 0 Å². The molecule has 2 heterocycles. The van der Waals surface area contributed by atoms with Gasteiger partial charge in [-0.25, -0.2) is 18.4 Å². The van der Waals surface area contributed by atoms with Gasteiger partial charge in [0, 0.05) is 24.8 Å². The van der Waals surface area contributed by atoms with E-state index in [-0.39, 0.29) is 5.92 Å². The first kappa shape index (κ1) is 22.9. The monoisotopic (exact) mass is 459 g/mol. The van der Waals surface area contributed by atoms with Crippen LogP contribution < -0.4 is 10.0 Å². The van der Waals surface area contributed by atoms with Gasteiger partial charge in [-0.3, -0.25) is 4.79 Å². The second-order valence-corrected chi connectivity index (χ2v) is 9.98. The molecule has 0 fully saturated rings. The number of nitrogens with zero attached hydrogens (tertiary/aromatic N) is 3. The molecule has 0 spiro atoms. The summed E-state index contributed by atoms with van der Waals surface area (Å²) in [6.07, 6.45) is 5.01. The van der Waals surface area contributed by atoms with E-state index in [1.807, 2.05) is 42.9 Å². The molecule has 164 valence electrons. The van der Waals surface area contributed by atoms with Gasteiger partial charge in [-0.05, 0) is 24.5 Å². The van der Waals surface area contributed by atoms with Crippen LogP contribution in [0.25, 0.3) is 16.8 Å². The highest BCUT2D eigenvalue weighted by Gasteiger charge is 2.27. The summed E-state index contributed by atoms with van der Waals surface area (Å²) in [6, 6.07) is 8.12. The molecule has 2 N–H and O–H groups in total. The lowest BCUT2D eigenvalue weighted by Gasteiger charge is -2.20. The molecule has 1 amide bonds. The van der Waals surface area contributed by atoms with Crippen molar-refractivity contribution in [2.45, 2.75) is 26.8 Å². The third-order valence-electron chi connectivity index (χ3n) is 4.53. The molecule has 2 aromatic heterocycles. The Morgan fingerprint density at radius 3 is 2.55 bits per heavy atom. The summed E-state index contributed by atoms with van der Waals surface area (Å²) >= 11 is 1.30. The van der Waals surface area contributed by atoms with Crippen molar-refractivity contribution in [3.63, 3.8) is 0 Å². The Kier molecular flexibility index (Phi) is 7.04. The van der Waals surface area contributed by atoms with Crippen LogP contribution in [0.5, 0.6) is 0 Å². The molecule has 10 heteroatoms. The summed E-state index contributed by atoms with van der Waals surface area (Å²) in [6.45, 7) is 5.40. The van der Waals surface area contributed by atoms with Crippen molar-refractivity contribution < 1.29 is 13.2 Å². The molecule has 31 heavy (non-hydrogen) atoms. The van der Waals surface area contributed by atoms with Crippen molar-refractivity contribution in [3.8, 4) is 10.7 Å². The molecule has 0 saturated heterocycles. The quantitative estimate of drug-likeness (QED) is 0.537. The van der Waals surface area contributed by atoms with Crippen LogP contribution in [-0.4, -0.2) is 34.9 Å². The molecule has 0 bridgehead atoms. The number of thiazole rings is 1. The van der Waals surface area contributed by atoms with Crippen LogP contribution in [0.15, 0.2) is 48.1 Å². The second-order valence-electron chi connectivity index (χ2n) is 7.38. The van der Waals surface area contributed by atoms with E-state index in [1.54, 1.807) is 32.2 Å². The van der Waals surface area contributed by atoms with Crippen LogP contribution in [0.2, 0.25) is 0 Å². The van der Waals surface area contributed by atoms with E-state index in [2.05, 4.69) is 20.0 Å². The van der Waals surface area contributed by atoms with Crippen molar-refractivity contribution in [2.75, 3.05) is 5.32 Å². The van der Waals surface area contributed by atoms with Gasteiger partial charge in [0.15, 0.2) is 11.0 Å². The Hall–Kier alpha value is -2.82. The zero-order valence-electron chi connectivity index (χ0n) is 17.7. The second kappa shape index (κ2) is 9.54. The van der Waals surface area contributed by atoms with Gasteiger partial charge in [0.1, 0.15) is 6.04 Å². The van der Waals surface area contributed by atoms with Crippen molar-refractivity contribution >= 4 is 38.5 Å². The maximum atomic E-state index is 12.9. The summed E-state index contributed by atoms with van der Waals surface area (Å²) < 4.78 is 29.4. The molecule has 0 aliphatic heterocycles. The fourth-order valence-corrected chi connectivity index (χ4v) is 5.02. The van der Waals surface area contributed by atoms with Crippen LogP contribution in [0.3, 0.4) is 0 Å². The number of rotatable bonds is 8. The summed E-state index contributed by atoms with van der Waals surface area (Å²) in [7, 11) is -1.95. The van der Waals surface area contributed by atoms with Gasteiger partial charge >= 0.3 is 0 Å². The van der Waals surface area contributed by atoms with Crippen LogP contribution in [0.1, 0.15) is 25.1 Å². The maximum absolute atomic E-state index is 12.9. The van der Waals surface area contributed by atoms with Gasteiger partial charge in [-0.2, -0.15) is 4.72 Å². The zero-order chi connectivity index (χ0) is 22.6. The third-order valence-corrected chi connectivity index (χ3v) is 6.68. The van der Waals surface area contributed by atoms with Gasteiger partial charge in [0.2, 0.25) is 15.9 Å². The van der Waals surface area contributed by atoms with E-state index < -0.39 is 22.0 Å². The summed E-state index contributed by atoms with van der Waals surface area (Å²) in [4.78, 5) is 22.4. The predicted octanol–water partition coefficient (Wildman–Crippen LogP) is 3.41. The van der Waals surface area contributed by atoms with Gasteiger partial charge in [-0.1, -0.05) is 55.5 Å². The van der Waals surface area contributed by atoms with Gasteiger partial charge in [0.25, 0.3) is 0 Å². The molecule has 8 nitrogen and oxygen atoms in total. The number of aryl methyl sites for hydroxylation is 2. The number of amides is 1. The third kappa shape index (κ3) is 5.87. The van der Waals surface area contributed by atoms with Crippen LogP contribution in [-0.2, 0) is 21.9 Å². The first-order valence-corrected chi connectivity index (χ1v) is 12.0. The molecule has 0 radical (unpaired) electrons. The minimum absolute atomic E-state index is 0.269. The Morgan fingerprint density at radius 2 is 1.94 bits per heavy atom. The first-order chi connectivity index (χ1) is 14.7. The number of carbonyl (C=O) groups is 1. The summed E-state index contributed by atoms with van der Waals surface area (Å²) in [5, 5.41) is 4.20. The molecule has 0 unspecified atom stereocenters. The average molecular weight is 460 g/mol. The standard InChI is InChI=1S/C21H25N5O3S2/c1-14(2)17(25-31(28,29)13-10-16-8-6-5-7-9-16)20(27)24-21-23-15(3)18(30-21)19-22-11-12-26(19)4/h5-14,17,25H,1-4H3,(H,23,24,27)/b13-10+/t17-/m0/s1. The number of sulfonamides is 1. The number of aromatic nitrogens is 3. The fourth-order valence-electron chi connectivity index (χ4n) is 2.87. The Labute approximate surface area is 186 Å². The van der Waals surface area contributed by atoms with Crippen molar-refractivity contribution in [1.29, 1.82) is 0 Å². The normalized spacial score (nSPS) is 13.1. The predicted molar refractivity (Wildman–Crippen MR) is 124 cm³/mol. The highest BCUT2D eigenvalue weighted by Crippen LogP contribution is 2.31.